The summed E-state index contributed by atoms with van der Waals surface area (Å²) in [6.45, 7) is 0. The molecule has 122 valence electrons. The van der Waals surface area contributed by atoms with Crippen LogP contribution >= 0.6 is 11.6 Å². The highest BCUT2D eigenvalue weighted by Gasteiger charge is 2.20. The largest absolute Gasteiger partial charge is 0.367 e. The van der Waals surface area contributed by atoms with Crippen molar-refractivity contribution in [3.05, 3.63) is 64.8 Å². The van der Waals surface area contributed by atoms with Crippen LogP contribution in [0, 0.1) is 0 Å². The minimum Gasteiger partial charge on any atom is -0.367 e. The number of carbonyl (C=O) groups is 2. The predicted molar refractivity (Wildman–Crippen MR) is 90.0 cm³/mol. The van der Waals surface area contributed by atoms with Crippen molar-refractivity contribution in [2.75, 3.05) is 0 Å². The molecule has 24 heavy (non-hydrogen) atoms. The minimum absolute atomic E-state index is 0.259. The second-order valence-corrected chi connectivity index (χ2v) is 5.76. The lowest BCUT2D eigenvalue weighted by atomic mass is 10.1. The number of nitrogens with one attached hydrogen (secondary N) is 1. The van der Waals surface area contributed by atoms with Gasteiger partial charge in [0.1, 0.15) is 0 Å². The average molecular weight is 344 g/mol. The third-order valence-corrected chi connectivity index (χ3v) is 3.78. The first-order valence-electron chi connectivity index (χ1n) is 7.16. The quantitative estimate of drug-likeness (QED) is 0.561. The van der Waals surface area contributed by atoms with Crippen LogP contribution in [0.25, 0.3) is 10.9 Å². The molecule has 2 N–H and O–H groups in total. The summed E-state index contributed by atoms with van der Waals surface area (Å²) in [5, 5.41) is 17.7. The van der Waals surface area contributed by atoms with E-state index in [0.717, 1.165) is 10.9 Å². The maximum Gasteiger partial charge on any atom is 0.253 e. The summed E-state index contributed by atoms with van der Waals surface area (Å²) in [5.74, 6) is -1.15. The maximum atomic E-state index is 12.2. The number of Topliss-reactive ketones (excluding diaryl/α,β-unsaturated/α-hetero) is 1. The second kappa shape index (κ2) is 6.43. The summed E-state index contributed by atoms with van der Waals surface area (Å²) >= 11 is 5.76. The van der Waals surface area contributed by atoms with Crippen LogP contribution in [0.3, 0.4) is 0 Å². The smallest absolute Gasteiger partial charge is 0.253 e. The van der Waals surface area contributed by atoms with E-state index in [-0.39, 0.29) is 5.56 Å². The SMILES string of the molecule is Cn1cc2cc(C(=O)NC(O)C(=O)c3ccc(Cl)cc3)ccc2n1. The molecular formula is C17H14ClN3O3. The lowest BCUT2D eigenvalue weighted by molar-refractivity contribution is 0.0607. The number of aromatic nitrogens is 2. The lowest BCUT2D eigenvalue weighted by Crippen LogP contribution is -2.40. The van der Waals surface area contributed by atoms with E-state index in [1.54, 1.807) is 48.3 Å². The molecule has 0 aliphatic heterocycles. The van der Waals surface area contributed by atoms with E-state index >= 15 is 0 Å². The molecule has 0 spiro atoms. The number of aliphatic hydroxyl groups is 1. The number of amides is 1. The molecule has 1 aromatic heterocycles. The summed E-state index contributed by atoms with van der Waals surface area (Å²) < 4.78 is 1.64. The Morgan fingerprint density at radius 2 is 1.83 bits per heavy atom. The first-order chi connectivity index (χ1) is 11.4. The molecule has 0 saturated heterocycles. The molecule has 0 aliphatic carbocycles. The number of aliphatic hydroxyl groups excluding tert-OH is 1. The number of ketones is 1. The van der Waals surface area contributed by atoms with Gasteiger partial charge in [0.05, 0.1) is 5.52 Å². The van der Waals surface area contributed by atoms with Crippen molar-refractivity contribution in [2.24, 2.45) is 7.05 Å². The van der Waals surface area contributed by atoms with Gasteiger partial charge in [-0.3, -0.25) is 14.3 Å². The van der Waals surface area contributed by atoms with Crippen LogP contribution < -0.4 is 5.32 Å². The summed E-state index contributed by atoms with van der Waals surface area (Å²) in [4.78, 5) is 24.3. The molecule has 3 rings (SSSR count). The van der Waals surface area contributed by atoms with Gasteiger partial charge in [0.15, 0.2) is 6.23 Å². The fraction of sp³-hybridized carbons (Fsp3) is 0.118. The molecule has 2 aromatic carbocycles. The van der Waals surface area contributed by atoms with Crippen LogP contribution in [-0.2, 0) is 7.05 Å². The van der Waals surface area contributed by atoms with Crippen molar-refractivity contribution < 1.29 is 14.7 Å². The minimum atomic E-state index is -1.64. The number of nitrogens with zero attached hydrogens (tertiary/aromatic N) is 2. The highest BCUT2D eigenvalue weighted by molar-refractivity contribution is 6.30. The van der Waals surface area contributed by atoms with Gasteiger partial charge in [-0.15, -0.1) is 0 Å². The average Bonchev–Trinajstić information content (AvgIpc) is 2.93. The Morgan fingerprint density at radius 3 is 2.54 bits per heavy atom. The van der Waals surface area contributed by atoms with Crippen LogP contribution in [0.1, 0.15) is 20.7 Å². The zero-order chi connectivity index (χ0) is 17.3. The van der Waals surface area contributed by atoms with E-state index in [1.165, 1.54) is 12.1 Å². The van der Waals surface area contributed by atoms with Crippen LogP contribution in [-0.4, -0.2) is 32.8 Å². The van der Waals surface area contributed by atoms with Crippen molar-refractivity contribution >= 4 is 34.2 Å². The summed E-state index contributed by atoms with van der Waals surface area (Å²) in [6, 6.07) is 11.0. The van der Waals surface area contributed by atoms with Crippen molar-refractivity contribution in [1.82, 2.24) is 15.1 Å². The van der Waals surface area contributed by atoms with Crippen LogP contribution in [0.15, 0.2) is 48.7 Å². The van der Waals surface area contributed by atoms with E-state index in [2.05, 4.69) is 10.4 Å². The Morgan fingerprint density at radius 1 is 1.17 bits per heavy atom. The molecule has 3 aromatic rings. The number of hydrogen-bond donors (Lipinski definition) is 2. The van der Waals surface area contributed by atoms with E-state index in [0.29, 0.717) is 10.6 Å². The number of carbonyl (C=O) groups excluding carboxylic acids is 2. The van der Waals surface area contributed by atoms with Crippen LogP contribution in [0.2, 0.25) is 5.02 Å². The highest BCUT2D eigenvalue weighted by Crippen LogP contribution is 2.15. The topological polar surface area (TPSA) is 84.2 Å². The van der Waals surface area contributed by atoms with Crippen molar-refractivity contribution in [2.45, 2.75) is 6.23 Å². The Kier molecular flexibility index (Phi) is 4.33. The summed E-state index contributed by atoms with van der Waals surface area (Å²) in [6.07, 6.45) is 0.143. The monoisotopic (exact) mass is 343 g/mol. The van der Waals surface area contributed by atoms with E-state index in [9.17, 15) is 14.7 Å². The van der Waals surface area contributed by atoms with Gasteiger partial charge in [0, 0.05) is 34.8 Å². The van der Waals surface area contributed by atoms with Gasteiger partial charge in [0.2, 0.25) is 5.78 Å². The molecule has 0 fully saturated rings. The predicted octanol–water partition coefficient (Wildman–Crippen LogP) is 2.16. The first-order valence-corrected chi connectivity index (χ1v) is 7.54. The lowest BCUT2D eigenvalue weighted by Gasteiger charge is -2.12. The number of fused-ring (bicyclic) bond motifs is 1. The van der Waals surface area contributed by atoms with Gasteiger partial charge in [-0.05, 0) is 42.5 Å². The first kappa shape index (κ1) is 16.2. The number of rotatable bonds is 4. The van der Waals surface area contributed by atoms with Gasteiger partial charge in [-0.1, -0.05) is 11.6 Å². The Balaban J connectivity index is 1.74. The van der Waals surface area contributed by atoms with E-state index in [1.807, 2.05) is 0 Å². The molecule has 0 bridgehead atoms. The maximum absolute atomic E-state index is 12.2. The fourth-order valence-electron chi connectivity index (χ4n) is 2.34. The number of benzene rings is 2. The number of aryl methyl sites for hydroxylation is 1. The Hall–Kier alpha value is -2.70. The van der Waals surface area contributed by atoms with Crippen molar-refractivity contribution in [3.8, 4) is 0 Å². The molecule has 7 heteroatoms. The van der Waals surface area contributed by atoms with Crippen molar-refractivity contribution in [3.63, 3.8) is 0 Å². The van der Waals surface area contributed by atoms with Gasteiger partial charge < -0.3 is 10.4 Å². The number of halogens is 1. The zero-order valence-corrected chi connectivity index (χ0v) is 13.5. The zero-order valence-electron chi connectivity index (χ0n) is 12.7. The Bertz CT molecular complexity index is 918. The normalized spacial score (nSPS) is 12.1. The molecule has 1 amide bonds. The molecule has 0 saturated carbocycles. The van der Waals surface area contributed by atoms with Gasteiger partial charge in [-0.25, -0.2) is 0 Å². The summed E-state index contributed by atoms with van der Waals surface area (Å²) in [7, 11) is 1.79. The van der Waals surface area contributed by atoms with Gasteiger partial charge in [-0.2, -0.15) is 5.10 Å². The molecule has 6 nitrogen and oxygen atoms in total. The van der Waals surface area contributed by atoms with E-state index in [4.69, 9.17) is 11.6 Å². The second-order valence-electron chi connectivity index (χ2n) is 5.32. The van der Waals surface area contributed by atoms with Crippen LogP contribution in [0.5, 0.6) is 0 Å². The highest BCUT2D eigenvalue weighted by atomic mass is 35.5. The third kappa shape index (κ3) is 3.29. The van der Waals surface area contributed by atoms with Crippen molar-refractivity contribution in [1.29, 1.82) is 0 Å². The third-order valence-electron chi connectivity index (χ3n) is 3.53. The fourth-order valence-corrected chi connectivity index (χ4v) is 2.46. The molecule has 0 radical (unpaired) electrons. The standard InChI is InChI=1S/C17H14ClN3O3/c1-21-9-12-8-11(4-7-14(12)20-21)16(23)19-17(24)15(22)10-2-5-13(18)6-3-10/h2-9,17,24H,1H3,(H,19,23). The van der Waals surface area contributed by atoms with E-state index < -0.39 is 17.9 Å². The Labute approximate surface area is 142 Å². The molecule has 1 heterocycles. The molecule has 1 atom stereocenters. The van der Waals surface area contributed by atoms with Gasteiger partial charge >= 0.3 is 0 Å². The summed E-state index contributed by atoms with van der Waals surface area (Å²) in [5.41, 5.74) is 1.35. The number of hydrogen-bond acceptors (Lipinski definition) is 4. The van der Waals surface area contributed by atoms with Gasteiger partial charge in [0.25, 0.3) is 5.91 Å². The molecule has 1 unspecified atom stereocenters. The van der Waals surface area contributed by atoms with Crippen LogP contribution in [0.4, 0.5) is 0 Å². The molecular weight excluding hydrogens is 330 g/mol. The molecule has 0 aliphatic rings.